The molecule has 88 valence electrons. The highest BCUT2D eigenvalue weighted by molar-refractivity contribution is 5.39. The maximum absolute atomic E-state index is 5.47. The average molecular weight is 220 g/mol. The van der Waals surface area contributed by atoms with E-state index < -0.39 is 0 Å². The van der Waals surface area contributed by atoms with Crippen molar-refractivity contribution in [3.63, 3.8) is 0 Å². The zero-order valence-corrected chi connectivity index (χ0v) is 10.1. The molecule has 2 rings (SSSR count). The van der Waals surface area contributed by atoms with Gasteiger partial charge in [0.05, 0.1) is 7.11 Å². The van der Waals surface area contributed by atoms with Gasteiger partial charge in [-0.2, -0.15) is 0 Å². The molecule has 1 aromatic rings. The summed E-state index contributed by atoms with van der Waals surface area (Å²) in [6, 6.07) is 1.98. The summed E-state index contributed by atoms with van der Waals surface area (Å²) in [5, 5.41) is 3.45. The highest BCUT2D eigenvalue weighted by Crippen LogP contribution is 2.33. The SMILES string of the molecule is CCc1nccc(OC)c1C1CCCNC1. The van der Waals surface area contributed by atoms with E-state index in [0.29, 0.717) is 5.92 Å². The first kappa shape index (κ1) is 11.4. The van der Waals surface area contributed by atoms with Crippen LogP contribution in [0.15, 0.2) is 12.3 Å². The normalized spacial score (nSPS) is 20.8. The van der Waals surface area contributed by atoms with E-state index in [9.17, 15) is 0 Å². The maximum atomic E-state index is 5.47. The van der Waals surface area contributed by atoms with Crippen molar-refractivity contribution in [2.24, 2.45) is 0 Å². The Kier molecular flexibility index (Phi) is 3.78. The third-order valence-electron chi connectivity index (χ3n) is 3.29. The molecule has 16 heavy (non-hydrogen) atoms. The summed E-state index contributed by atoms with van der Waals surface area (Å²) in [7, 11) is 1.74. The molecule has 2 heterocycles. The molecule has 1 N–H and O–H groups in total. The van der Waals surface area contributed by atoms with E-state index in [1.165, 1.54) is 24.1 Å². The quantitative estimate of drug-likeness (QED) is 0.847. The smallest absolute Gasteiger partial charge is 0.125 e. The number of rotatable bonds is 3. The van der Waals surface area contributed by atoms with Gasteiger partial charge in [-0.1, -0.05) is 6.92 Å². The number of aromatic nitrogens is 1. The van der Waals surface area contributed by atoms with Crippen molar-refractivity contribution in [2.45, 2.75) is 32.1 Å². The van der Waals surface area contributed by atoms with Crippen LogP contribution < -0.4 is 10.1 Å². The maximum Gasteiger partial charge on any atom is 0.125 e. The molecule has 0 aromatic carbocycles. The van der Waals surface area contributed by atoms with Crippen LogP contribution in [0.3, 0.4) is 0 Å². The first-order valence-corrected chi connectivity index (χ1v) is 6.09. The molecular weight excluding hydrogens is 200 g/mol. The minimum absolute atomic E-state index is 0.562. The predicted octanol–water partition coefficient (Wildman–Crippen LogP) is 2.12. The zero-order chi connectivity index (χ0) is 11.4. The molecule has 1 atom stereocenters. The summed E-state index contributed by atoms with van der Waals surface area (Å²) in [5.41, 5.74) is 2.51. The number of aryl methyl sites for hydroxylation is 1. The topological polar surface area (TPSA) is 34.1 Å². The van der Waals surface area contributed by atoms with Crippen LogP contribution in [0.4, 0.5) is 0 Å². The molecule has 1 fully saturated rings. The Hall–Kier alpha value is -1.09. The third-order valence-corrected chi connectivity index (χ3v) is 3.29. The Morgan fingerprint density at radius 1 is 1.56 bits per heavy atom. The summed E-state index contributed by atoms with van der Waals surface area (Å²) >= 11 is 0. The van der Waals surface area contributed by atoms with Gasteiger partial charge in [-0.25, -0.2) is 0 Å². The van der Waals surface area contributed by atoms with Gasteiger partial charge in [-0.05, 0) is 31.9 Å². The molecule has 0 saturated carbocycles. The van der Waals surface area contributed by atoms with E-state index in [1.54, 1.807) is 7.11 Å². The minimum Gasteiger partial charge on any atom is -0.496 e. The summed E-state index contributed by atoms with van der Waals surface area (Å²) in [4.78, 5) is 4.47. The molecule has 1 unspecified atom stereocenters. The van der Waals surface area contributed by atoms with Gasteiger partial charge in [0.2, 0.25) is 0 Å². The summed E-state index contributed by atoms with van der Waals surface area (Å²) < 4.78 is 5.47. The Morgan fingerprint density at radius 3 is 3.06 bits per heavy atom. The van der Waals surface area contributed by atoms with Gasteiger partial charge in [0, 0.05) is 29.9 Å². The molecule has 0 bridgehead atoms. The van der Waals surface area contributed by atoms with Gasteiger partial charge >= 0.3 is 0 Å². The van der Waals surface area contributed by atoms with Crippen LogP contribution >= 0.6 is 0 Å². The molecule has 1 aromatic heterocycles. The second kappa shape index (κ2) is 5.30. The van der Waals surface area contributed by atoms with Crippen LogP contribution in [0.1, 0.15) is 36.9 Å². The lowest BCUT2D eigenvalue weighted by atomic mass is 9.89. The van der Waals surface area contributed by atoms with Crippen molar-refractivity contribution in [3.05, 3.63) is 23.5 Å². The van der Waals surface area contributed by atoms with Crippen molar-refractivity contribution in [1.82, 2.24) is 10.3 Å². The van der Waals surface area contributed by atoms with Gasteiger partial charge in [-0.3, -0.25) is 4.98 Å². The van der Waals surface area contributed by atoms with Gasteiger partial charge in [-0.15, -0.1) is 0 Å². The van der Waals surface area contributed by atoms with Crippen molar-refractivity contribution < 1.29 is 4.74 Å². The lowest BCUT2D eigenvalue weighted by Crippen LogP contribution is -2.29. The number of nitrogens with one attached hydrogen (secondary N) is 1. The van der Waals surface area contributed by atoms with E-state index in [2.05, 4.69) is 17.2 Å². The lowest BCUT2D eigenvalue weighted by Gasteiger charge is -2.26. The molecule has 1 aliphatic heterocycles. The van der Waals surface area contributed by atoms with E-state index in [0.717, 1.165) is 25.3 Å². The number of methoxy groups -OCH3 is 1. The number of piperidine rings is 1. The Bertz CT molecular complexity index is 324. The first-order chi connectivity index (χ1) is 7.86. The van der Waals surface area contributed by atoms with E-state index >= 15 is 0 Å². The molecular formula is C13H20N2O. The third kappa shape index (κ3) is 2.19. The van der Waals surface area contributed by atoms with Crippen molar-refractivity contribution in [3.8, 4) is 5.75 Å². The summed E-state index contributed by atoms with van der Waals surface area (Å²) in [6.45, 7) is 4.34. The fourth-order valence-corrected chi connectivity index (χ4v) is 2.49. The Morgan fingerprint density at radius 2 is 2.44 bits per heavy atom. The van der Waals surface area contributed by atoms with Crippen molar-refractivity contribution >= 4 is 0 Å². The fraction of sp³-hybridized carbons (Fsp3) is 0.615. The minimum atomic E-state index is 0.562. The summed E-state index contributed by atoms with van der Waals surface area (Å²) in [5.74, 6) is 1.56. The largest absolute Gasteiger partial charge is 0.496 e. The molecule has 0 radical (unpaired) electrons. The second-order valence-electron chi connectivity index (χ2n) is 4.27. The van der Waals surface area contributed by atoms with Crippen molar-refractivity contribution in [1.29, 1.82) is 0 Å². The van der Waals surface area contributed by atoms with Crippen LogP contribution in [0.2, 0.25) is 0 Å². The number of hydrogen-bond acceptors (Lipinski definition) is 3. The van der Waals surface area contributed by atoms with Crippen molar-refractivity contribution in [2.75, 3.05) is 20.2 Å². The standard InChI is InChI=1S/C13H20N2O/c1-3-11-13(10-5-4-7-14-9-10)12(16-2)6-8-15-11/h6,8,10,14H,3-5,7,9H2,1-2H3. The van der Waals surface area contributed by atoms with E-state index in [1.807, 2.05) is 12.3 Å². The lowest BCUT2D eigenvalue weighted by molar-refractivity contribution is 0.389. The van der Waals surface area contributed by atoms with E-state index in [-0.39, 0.29) is 0 Å². The number of hydrogen-bond donors (Lipinski definition) is 1. The molecule has 0 amide bonds. The molecule has 3 heteroatoms. The monoisotopic (exact) mass is 220 g/mol. The average Bonchev–Trinajstić information content (AvgIpc) is 2.38. The number of ether oxygens (including phenoxy) is 1. The van der Waals surface area contributed by atoms with Crippen LogP contribution in [-0.2, 0) is 6.42 Å². The molecule has 0 aliphatic carbocycles. The zero-order valence-electron chi connectivity index (χ0n) is 10.1. The van der Waals surface area contributed by atoms with Crippen LogP contribution in [-0.4, -0.2) is 25.2 Å². The Balaban J connectivity index is 2.34. The molecule has 1 saturated heterocycles. The van der Waals surface area contributed by atoms with Gasteiger partial charge in [0.25, 0.3) is 0 Å². The van der Waals surface area contributed by atoms with Gasteiger partial charge in [0.1, 0.15) is 5.75 Å². The van der Waals surface area contributed by atoms with Crippen LogP contribution in [0.25, 0.3) is 0 Å². The highest BCUT2D eigenvalue weighted by atomic mass is 16.5. The highest BCUT2D eigenvalue weighted by Gasteiger charge is 2.21. The number of pyridine rings is 1. The molecule has 0 spiro atoms. The summed E-state index contributed by atoms with van der Waals surface area (Å²) in [6.07, 6.45) is 5.30. The van der Waals surface area contributed by atoms with E-state index in [4.69, 9.17) is 4.74 Å². The molecule has 3 nitrogen and oxygen atoms in total. The Labute approximate surface area is 97.2 Å². The second-order valence-corrected chi connectivity index (χ2v) is 4.27. The number of nitrogens with zero attached hydrogens (tertiary/aromatic N) is 1. The fourth-order valence-electron chi connectivity index (χ4n) is 2.49. The first-order valence-electron chi connectivity index (χ1n) is 6.09. The van der Waals surface area contributed by atoms with Crippen LogP contribution in [0.5, 0.6) is 5.75 Å². The molecule has 1 aliphatic rings. The predicted molar refractivity (Wildman–Crippen MR) is 65.0 cm³/mol. The van der Waals surface area contributed by atoms with Gasteiger partial charge in [0.15, 0.2) is 0 Å². The van der Waals surface area contributed by atoms with Crippen LogP contribution in [0, 0.1) is 0 Å². The van der Waals surface area contributed by atoms with Gasteiger partial charge < -0.3 is 10.1 Å².